The Morgan fingerprint density at radius 3 is 2.34 bits per heavy atom. The highest BCUT2D eigenvalue weighted by molar-refractivity contribution is 7.20. The third-order valence-electron chi connectivity index (χ3n) is 5.27. The lowest BCUT2D eigenvalue weighted by molar-refractivity contribution is 0.709. The summed E-state index contributed by atoms with van der Waals surface area (Å²) >= 11 is 1.72. The summed E-state index contributed by atoms with van der Waals surface area (Å²) < 4.78 is 1.20. The average molecular weight is 399 g/mol. The van der Waals surface area contributed by atoms with Crippen LogP contribution in [0.4, 0.5) is 11.4 Å². The Bertz CT molecular complexity index is 1130. The second kappa shape index (κ2) is 7.33. The summed E-state index contributed by atoms with van der Waals surface area (Å²) in [5, 5.41) is 8.19. The normalized spacial score (nSPS) is 16.3. The fourth-order valence-electron chi connectivity index (χ4n) is 3.71. The molecule has 1 aliphatic heterocycles. The quantitative estimate of drug-likeness (QED) is 0.441. The molecule has 1 aliphatic rings. The Morgan fingerprint density at radius 2 is 1.62 bits per heavy atom. The third kappa shape index (κ3) is 3.38. The minimum atomic E-state index is 0.163. The van der Waals surface area contributed by atoms with Crippen molar-refractivity contribution in [2.75, 3.05) is 24.0 Å². The van der Waals surface area contributed by atoms with Crippen LogP contribution in [0.1, 0.15) is 23.0 Å². The number of nitrogens with zero attached hydrogens (tertiary/aromatic N) is 4. The number of fused-ring (bicyclic) bond motifs is 1. The first-order valence-electron chi connectivity index (χ1n) is 9.74. The van der Waals surface area contributed by atoms with Gasteiger partial charge in [0, 0.05) is 26.2 Å². The second-order valence-electron chi connectivity index (χ2n) is 7.42. The molecular weight excluding hydrogens is 376 g/mol. The molecule has 3 aromatic carbocycles. The zero-order chi connectivity index (χ0) is 19.8. The number of thiazole rings is 1. The molecule has 2 heterocycles. The van der Waals surface area contributed by atoms with Crippen LogP contribution >= 0.6 is 11.3 Å². The van der Waals surface area contributed by atoms with Gasteiger partial charge in [-0.05, 0) is 42.0 Å². The van der Waals surface area contributed by atoms with E-state index in [9.17, 15) is 0 Å². The molecule has 0 bridgehead atoms. The van der Waals surface area contributed by atoms with Gasteiger partial charge in [0.05, 0.1) is 27.7 Å². The maximum atomic E-state index is 5.03. The van der Waals surface area contributed by atoms with Crippen LogP contribution in [0.3, 0.4) is 0 Å². The van der Waals surface area contributed by atoms with Crippen molar-refractivity contribution < 1.29 is 0 Å². The predicted octanol–water partition coefficient (Wildman–Crippen LogP) is 5.72. The predicted molar refractivity (Wildman–Crippen MR) is 123 cm³/mol. The molecule has 0 fully saturated rings. The SMILES string of the molecule is CN(C)c1ccc(C2CC(c3nc4ccccc4s3)=NN2c2ccccc2)cc1. The van der Waals surface area contributed by atoms with Crippen LogP contribution in [0.5, 0.6) is 0 Å². The van der Waals surface area contributed by atoms with Gasteiger partial charge in [-0.1, -0.05) is 42.5 Å². The van der Waals surface area contributed by atoms with Crippen LogP contribution in [-0.4, -0.2) is 24.8 Å². The number of hydrogen-bond donors (Lipinski definition) is 0. The Balaban J connectivity index is 1.54. The van der Waals surface area contributed by atoms with Gasteiger partial charge in [-0.2, -0.15) is 5.10 Å². The van der Waals surface area contributed by atoms with Gasteiger partial charge in [-0.15, -0.1) is 11.3 Å². The average Bonchev–Trinajstić information content (AvgIpc) is 3.39. The molecule has 0 amide bonds. The first kappa shape index (κ1) is 17.9. The molecule has 0 saturated carbocycles. The smallest absolute Gasteiger partial charge is 0.140 e. The van der Waals surface area contributed by atoms with E-state index in [0.29, 0.717) is 0 Å². The summed E-state index contributed by atoms with van der Waals surface area (Å²) in [6.45, 7) is 0. The van der Waals surface area contributed by atoms with Crippen molar-refractivity contribution in [1.82, 2.24) is 4.98 Å². The Labute approximate surface area is 174 Å². The summed E-state index contributed by atoms with van der Waals surface area (Å²) in [5.41, 5.74) is 5.66. The minimum absolute atomic E-state index is 0.163. The molecule has 4 aromatic rings. The molecule has 0 saturated heterocycles. The van der Waals surface area contributed by atoms with Gasteiger partial charge >= 0.3 is 0 Å². The van der Waals surface area contributed by atoms with E-state index >= 15 is 0 Å². The van der Waals surface area contributed by atoms with Crippen LogP contribution in [0, 0.1) is 0 Å². The molecule has 0 radical (unpaired) electrons. The summed E-state index contributed by atoms with van der Waals surface area (Å²) in [6, 6.07) is 27.6. The lowest BCUT2D eigenvalue weighted by Crippen LogP contribution is -2.18. The highest BCUT2D eigenvalue weighted by atomic mass is 32.1. The first-order chi connectivity index (χ1) is 14.2. The van der Waals surface area contributed by atoms with Gasteiger partial charge in [-0.3, -0.25) is 5.01 Å². The van der Waals surface area contributed by atoms with Crippen molar-refractivity contribution >= 4 is 38.6 Å². The fourth-order valence-corrected chi connectivity index (χ4v) is 4.67. The van der Waals surface area contributed by atoms with Crippen molar-refractivity contribution in [3.05, 3.63) is 89.4 Å². The van der Waals surface area contributed by atoms with E-state index in [1.54, 1.807) is 11.3 Å². The highest BCUT2D eigenvalue weighted by Gasteiger charge is 2.31. The van der Waals surface area contributed by atoms with E-state index in [1.807, 2.05) is 12.1 Å². The van der Waals surface area contributed by atoms with Gasteiger partial charge in [0.15, 0.2) is 0 Å². The van der Waals surface area contributed by atoms with Crippen molar-refractivity contribution in [2.24, 2.45) is 5.10 Å². The summed E-state index contributed by atoms with van der Waals surface area (Å²) in [5.74, 6) is 0. The second-order valence-corrected chi connectivity index (χ2v) is 8.45. The van der Waals surface area contributed by atoms with E-state index in [4.69, 9.17) is 10.1 Å². The van der Waals surface area contributed by atoms with Crippen LogP contribution < -0.4 is 9.91 Å². The van der Waals surface area contributed by atoms with Gasteiger partial charge in [0.1, 0.15) is 5.01 Å². The molecule has 1 atom stereocenters. The fraction of sp³-hybridized carbons (Fsp3) is 0.167. The lowest BCUT2D eigenvalue weighted by atomic mass is 10.0. The van der Waals surface area contributed by atoms with Gasteiger partial charge in [0.25, 0.3) is 0 Å². The molecule has 5 heteroatoms. The molecule has 4 nitrogen and oxygen atoms in total. The molecule has 5 rings (SSSR count). The van der Waals surface area contributed by atoms with Gasteiger partial charge < -0.3 is 4.90 Å². The van der Waals surface area contributed by atoms with Crippen LogP contribution in [0.15, 0.2) is 84.0 Å². The summed E-state index contributed by atoms with van der Waals surface area (Å²) in [7, 11) is 4.13. The lowest BCUT2D eigenvalue weighted by Gasteiger charge is -2.24. The zero-order valence-electron chi connectivity index (χ0n) is 16.5. The van der Waals surface area contributed by atoms with E-state index in [1.165, 1.54) is 16.0 Å². The monoisotopic (exact) mass is 398 g/mol. The number of aromatic nitrogens is 1. The topological polar surface area (TPSA) is 31.7 Å². The maximum absolute atomic E-state index is 5.03. The standard InChI is InChI=1S/C24H22N4S/c1-27(2)18-14-12-17(13-15-18)22-16-21(26-28(22)19-8-4-3-5-9-19)24-25-20-10-6-7-11-23(20)29-24/h3-15,22H,16H2,1-2H3. The molecule has 144 valence electrons. The molecule has 0 spiro atoms. The van der Waals surface area contributed by atoms with Gasteiger partial charge in [0.2, 0.25) is 0 Å². The van der Waals surface area contributed by atoms with Crippen LogP contribution in [-0.2, 0) is 0 Å². The van der Waals surface area contributed by atoms with Crippen molar-refractivity contribution in [2.45, 2.75) is 12.5 Å². The third-order valence-corrected chi connectivity index (χ3v) is 6.35. The molecule has 1 unspecified atom stereocenters. The summed E-state index contributed by atoms with van der Waals surface area (Å²) in [4.78, 5) is 6.96. The van der Waals surface area contributed by atoms with Crippen LogP contribution in [0.2, 0.25) is 0 Å². The van der Waals surface area contributed by atoms with Crippen molar-refractivity contribution in [3.8, 4) is 0 Å². The van der Waals surface area contributed by atoms with E-state index in [-0.39, 0.29) is 6.04 Å². The molecule has 1 aromatic heterocycles. The number of anilines is 2. The van der Waals surface area contributed by atoms with Gasteiger partial charge in [-0.25, -0.2) is 4.98 Å². The Morgan fingerprint density at radius 1 is 0.897 bits per heavy atom. The largest absolute Gasteiger partial charge is 0.378 e. The highest BCUT2D eigenvalue weighted by Crippen LogP contribution is 2.38. The molecule has 0 N–H and O–H groups in total. The molecule has 0 aliphatic carbocycles. The van der Waals surface area contributed by atoms with E-state index in [0.717, 1.165) is 28.3 Å². The minimum Gasteiger partial charge on any atom is -0.378 e. The molecule has 29 heavy (non-hydrogen) atoms. The van der Waals surface area contributed by atoms with E-state index < -0.39 is 0 Å². The maximum Gasteiger partial charge on any atom is 0.140 e. The zero-order valence-corrected chi connectivity index (χ0v) is 17.3. The number of hydrogen-bond acceptors (Lipinski definition) is 5. The van der Waals surface area contributed by atoms with Crippen molar-refractivity contribution in [3.63, 3.8) is 0 Å². The number of para-hydroxylation sites is 2. The first-order valence-corrected chi connectivity index (χ1v) is 10.6. The Kier molecular flexibility index (Phi) is 4.52. The number of rotatable bonds is 4. The van der Waals surface area contributed by atoms with Crippen molar-refractivity contribution in [1.29, 1.82) is 0 Å². The van der Waals surface area contributed by atoms with Crippen LogP contribution in [0.25, 0.3) is 10.2 Å². The summed E-state index contributed by atoms with van der Waals surface area (Å²) in [6.07, 6.45) is 0.843. The molecular formula is C24H22N4S. The number of benzene rings is 3. The van der Waals surface area contributed by atoms with E-state index in [2.05, 4.69) is 90.7 Å². The Hall–Kier alpha value is -3.18. The number of hydrazone groups is 1.